The van der Waals surface area contributed by atoms with Gasteiger partial charge in [0.1, 0.15) is 6.61 Å². The lowest BCUT2D eigenvalue weighted by Crippen LogP contribution is -2.50. The number of carbonyl (C=O) groups excluding carboxylic acids is 2. The van der Waals surface area contributed by atoms with Crippen LogP contribution in [0, 0.1) is 0 Å². The molecule has 1 fully saturated rings. The number of carbonyl (C=O) groups is 2. The number of amides is 2. The Kier molecular flexibility index (Phi) is 5.87. The number of halogens is 2. The van der Waals surface area contributed by atoms with Crippen molar-refractivity contribution in [1.82, 2.24) is 9.80 Å². The Balaban J connectivity index is 1.87. The normalized spacial score (nSPS) is 15.0. The second-order valence-corrected chi connectivity index (χ2v) is 5.88. The van der Waals surface area contributed by atoms with Crippen molar-refractivity contribution >= 4 is 39.5 Å². The molecule has 0 saturated carbocycles. The first-order valence-electron chi connectivity index (χ1n) is 6.64. The van der Waals surface area contributed by atoms with E-state index in [1.54, 1.807) is 21.9 Å². The first kappa shape index (κ1) is 16.1. The zero-order chi connectivity index (χ0) is 15.2. The van der Waals surface area contributed by atoms with E-state index in [2.05, 4.69) is 15.9 Å². The first-order valence-corrected chi connectivity index (χ1v) is 7.97. The van der Waals surface area contributed by atoms with Gasteiger partial charge in [-0.15, -0.1) is 11.6 Å². The van der Waals surface area contributed by atoms with Crippen LogP contribution in [0.3, 0.4) is 0 Å². The van der Waals surface area contributed by atoms with E-state index in [0.29, 0.717) is 31.7 Å². The summed E-state index contributed by atoms with van der Waals surface area (Å²) in [6, 6.07) is 7.25. The monoisotopic (exact) mass is 374 g/mol. The van der Waals surface area contributed by atoms with Crippen LogP contribution in [-0.2, 0) is 4.74 Å². The molecule has 0 aromatic heterocycles. The SMILES string of the molecule is O=C(OCCCl)N1CCN(C(=O)c2ccc(Br)cc2)CC1. The Hall–Kier alpha value is -1.27. The molecule has 1 heterocycles. The Morgan fingerprint density at radius 2 is 1.67 bits per heavy atom. The minimum absolute atomic E-state index is 0.0173. The van der Waals surface area contributed by atoms with E-state index in [9.17, 15) is 9.59 Å². The summed E-state index contributed by atoms with van der Waals surface area (Å²) in [7, 11) is 0. The van der Waals surface area contributed by atoms with E-state index < -0.39 is 0 Å². The molecule has 7 heteroatoms. The van der Waals surface area contributed by atoms with Crippen LogP contribution in [0.4, 0.5) is 4.79 Å². The van der Waals surface area contributed by atoms with Crippen molar-refractivity contribution in [1.29, 1.82) is 0 Å². The van der Waals surface area contributed by atoms with Gasteiger partial charge >= 0.3 is 6.09 Å². The third kappa shape index (κ3) is 4.35. The summed E-state index contributed by atoms with van der Waals surface area (Å²) in [6.45, 7) is 2.17. The minimum atomic E-state index is -0.369. The van der Waals surface area contributed by atoms with Crippen molar-refractivity contribution in [2.75, 3.05) is 38.7 Å². The maximum Gasteiger partial charge on any atom is 0.409 e. The zero-order valence-corrected chi connectivity index (χ0v) is 13.8. The molecule has 0 atom stereocenters. The van der Waals surface area contributed by atoms with Crippen molar-refractivity contribution in [2.24, 2.45) is 0 Å². The number of nitrogens with zero attached hydrogens (tertiary/aromatic N) is 2. The lowest BCUT2D eigenvalue weighted by atomic mass is 10.2. The lowest BCUT2D eigenvalue weighted by molar-refractivity contribution is 0.0572. The predicted octanol–water partition coefficient (Wildman–Crippen LogP) is 2.58. The van der Waals surface area contributed by atoms with Gasteiger partial charge < -0.3 is 14.5 Å². The highest BCUT2D eigenvalue weighted by Gasteiger charge is 2.25. The topological polar surface area (TPSA) is 49.9 Å². The summed E-state index contributed by atoms with van der Waals surface area (Å²) in [5.74, 6) is 0.268. The number of alkyl halides is 1. The molecular formula is C14H16BrClN2O3. The predicted molar refractivity (Wildman–Crippen MR) is 83.7 cm³/mol. The van der Waals surface area contributed by atoms with E-state index in [-0.39, 0.29) is 24.5 Å². The molecule has 0 unspecified atom stereocenters. The van der Waals surface area contributed by atoms with Crippen LogP contribution in [-0.4, -0.2) is 60.5 Å². The van der Waals surface area contributed by atoms with Gasteiger partial charge in [-0.3, -0.25) is 4.79 Å². The maximum atomic E-state index is 12.3. The van der Waals surface area contributed by atoms with Crippen LogP contribution in [0.15, 0.2) is 28.7 Å². The number of ether oxygens (including phenoxy) is 1. The number of hydrogen-bond acceptors (Lipinski definition) is 3. The van der Waals surface area contributed by atoms with Gasteiger partial charge in [-0.1, -0.05) is 15.9 Å². The molecule has 2 amide bonds. The number of benzene rings is 1. The van der Waals surface area contributed by atoms with Crippen LogP contribution in [0.1, 0.15) is 10.4 Å². The van der Waals surface area contributed by atoms with Gasteiger partial charge in [0, 0.05) is 36.2 Å². The Morgan fingerprint density at radius 3 is 2.24 bits per heavy atom. The Bertz CT molecular complexity index is 501. The Labute approximate surface area is 136 Å². The molecule has 1 aromatic carbocycles. The zero-order valence-electron chi connectivity index (χ0n) is 11.4. The highest BCUT2D eigenvalue weighted by Crippen LogP contribution is 2.14. The molecule has 21 heavy (non-hydrogen) atoms. The number of hydrogen-bond donors (Lipinski definition) is 0. The second kappa shape index (κ2) is 7.66. The average molecular weight is 376 g/mol. The van der Waals surface area contributed by atoms with E-state index in [4.69, 9.17) is 16.3 Å². The standard InChI is InChI=1S/C14H16BrClN2O3/c15-12-3-1-11(2-4-12)13(19)17-6-8-18(9-7-17)14(20)21-10-5-16/h1-4H,5-10H2. The smallest absolute Gasteiger partial charge is 0.409 e. The van der Waals surface area contributed by atoms with Crippen LogP contribution in [0.5, 0.6) is 0 Å². The highest BCUT2D eigenvalue weighted by molar-refractivity contribution is 9.10. The van der Waals surface area contributed by atoms with Gasteiger partial charge in [0.05, 0.1) is 5.88 Å². The maximum absolute atomic E-state index is 12.3. The molecule has 5 nitrogen and oxygen atoms in total. The molecular weight excluding hydrogens is 360 g/mol. The molecule has 1 saturated heterocycles. The van der Waals surface area contributed by atoms with Gasteiger partial charge in [0.15, 0.2) is 0 Å². The van der Waals surface area contributed by atoms with Crippen molar-refractivity contribution in [3.63, 3.8) is 0 Å². The fourth-order valence-corrected chi connectivity index (χ4v) is 2.43. The van der Waals surface area contributed by atoms with Gasteiger partial charge in [-0.05, 0) is 24.3 Å². The van der Waals surface area contributed by atoms with Gasteiger partial charge in [-0.25, -0.2) is 4.79 Å². The quantitative estimate of drug-likeness (QED) is 0.763. The Morgan fingerprint density at radius 1 is 1.10 bits per heavy atom. The fraction of sp³-hybridized carbons (Fsp3) is 0.429. The third-order valence-corrected chi connectivity index (χ3v) is 3.90. The molecule has 0 bridgehead atoms. The van der Waals surface area contributed by atoms with Crippen molar-refractivity contribution in [2.45, 2.75) is 0 Å². The highest BCUT2D eigenvalue weighted by atomic mass is 79.9. The van der Waals surface area contributed by atoms with Gasteiger partial charge in [-0.2, -0.15) is 0 Å². The van der Waals surface area contributed by atoms with Crippen LogP contribution < -0.4 is 0 Å². The van der Waals surface area contributed by atoms with Crippen LogP contribution >= 0.6 is 27.5 Å². The van der Waals surface area contributed by atoms with E-state index in [1.165, 1.54) is 0 Å². The van der Waals surface area contributed by atoms with Gasteiger partial charge in [0.2, 0.25) is 0 Å². The summed E-state index contributed by atoms with van der Waals surface area (Å²) in [5.41, 5.74) is 0.649. The summed E-state index contributed by atoms with van der Waals surface area (Å²) in [4.78, 5) is 27.3. The van der Waals surface area contributed by atoms with E-state index in [1.807, 2.05) is 12.1 Å². The molecule has 0 spiro atoms. The molecule has 114 valence electrons. The summed E-state index contributed by atoms with van der Waals surface area (Å²) in [5, 5.41) is 0. The fourth-order valence-electron chi connectivity index (χ4n) is 2.08. The van der Waals surface area contributed by atoms with E-state index >= 15 is 0 Å². The molecule has 0 radical (unpaired) electrons. The summed E-state index contributed by atoms with van der Waals surface area (Å²) >= 11 is 8.82. The van der Waals surface area contributed by atoms with Crippen molar-refractivity contribution < 1.29 is 14.3 Å². The molecule has 2 rings (SSSR count). The first-order chi connectivity index (χ1) is 10.1. The summed E-state index contributed by atoms with van der Waals surface area (Å²) in [6.07, 6.45) is -0.369. The van der Waals surface area contributed by atoms with E-state index in [0.717, 1.165) is 4.47 Å². The largest absolute Gasteiger partial charge is 0.448 e. The van der Waals surface area contributed by atoms with Crippen molar-refractivity contribution in [3.8, 4) is 0 Å². The lowest BCUT2D eigenvalue weighted by Gasteiger charge is -2.34. The molecule has 1 aromatic rings. The van der Waals surface area contributed by atoms with Crippen molar-refractivity contribution in [3.05, 3.63) is 34.3 Å². The summed E-state index contributed by atoms with van der Waals surface area (Å²) < 4.78 is 5.91. The third-order valence-electron chi connectivity index (χ3n) is 3.22. The number of piperazine rings is 1. The van der Waals surface area contributed by atoms with Crippen LogP contribution in [0.25, 0.3) is 0 Å². The van der Waals surface area contributed by atoms with Gasteiger partial charge in [0.25, 0.3) is 5.91 Å². The molecule has 1 aliphatic rings. The minimum Gasteiger partial charge on any atom is -0.448 e. The molecule has 1 aliphatic heterocycles. The molecule has 0 N–H and O–H groups in total. The molecule has 0 aliphatic carbocycles. The van der Waals surface area contributed by atoms with Crippen LogP contribution in [0.2, 0.25) is 0 Å². The average Bonchev–Trinajstić information content (AvgIpc) is 2.53. The number of rotatable bonds is 3. The second-order valence-electron chi connectivity index (χ2n) is 4.59.